The minimum atomic E-state index is -0.297. The van der Waals surface area contributed by atoms with Gasteiger partial charge in [0.1, 0.15) is 6.54 Å². The summed E-state index contributed by atoms with van der Waals surface area (Å²) in [6, 6.07) is 25.7. The van der Waals surface area contributed by atoms with Crippen molar-refractivity contribution in [2.24, 2.45) is 0 Å². The minimum Gasteiger partial charge on any atom is -0.493 e. The fourth-order valence-electron chi connectivity index (χ4n) is 5.13. The van der Waals surface area contributed by atoms with Gasteiger partial charge in [-0.3, -0.25) is 9.59 Å². The van der Waals surface area contributed by atoms with Gasteiger partial charge in [0.2, 0.25) is 5.91 Å². The van der Waals surface area contributed by atoms with Crippen LogP contribution in [-0.4, -0.2) is 78.8 Å². The van der Waals surface area contributed by atoms with Gasteiger partial charge >= 0.3 is 0 Å². The molecule has 43 heavy (non-hydrogen) atoms. The van der Waals surface area contributed by atoms with Gasteiger partial charge in [0.25, 0.3) is 5.91 Å². The highest BCUT2D eigenvalue weighted by Crippen LogP contribution is 2.32. The van der Waals surface area contributed by atoms with Gasteiger partial charge in [-0.1, -0.05) is 41.9 Å². The third-order valence-electron chi connectivity index (χ3n) is 7.69. The molecule has 0 unspecified atom stereocenters. The van der Waals surface area contributed by atoms with E-state index in [9.17, 15) is 9.59 Å². The van der Waals surface area contributed by atoms with Crippen LogP contribution in [0, 0.1) is 0 Å². The molecule has 1 aliphatic rings. The monoisotopic (exact) mass is 599 g/mol. The Kier molecular flexibility index (Phi) is 9.41. The number of rotatable bonds is 9. The second kappa shape index (κ2) is 13.6. The highest BCUT2D eigenvalue weighted by molar-refractivity contribution is 6.30. The number of piperazine rings is 1. The number of amides is 2. The van der Waals surface area contributed by atoms with E-state index in [0.717, 1.165) is 22.6 Å². The van der Waals surface area contributed by atoms with E-state index < -0.39 is 0 Å². The van der Waals surface area contributed by atoms with E-state index in [1.54, 1.807) is 43.4 Å². The Morgan fingerprint density at radius 2 is 1.56 bits per heavy atom. The Hall–Kier alpha value is -4.63. The molecule has 0 spiro atoms. The molecule has 3 aromatic carbocycles. The molecule has 2 heterocycles. The van der Waals surface area contributed by atoms with Crippen LogP contribution < -0.4 is 14.4 Å². The first-order chi connectivity index (χ1) is 20.9. The topological polar surface area (TPSA) is 88.1 Å². The molecule has 1 saturated heterocycles. The van der Waals surface area contributed by atoms with Crippen LogP contribution in [0.15, 0.2) is 84.9 Å². The van der Waals surface area contributed by atoms with E-state index in [1.807, 2.05) is 72.5 Å². The summed E-state index contributed by atoms with van der Waals surface area (Å²) in [6.45, 7) is 4.16. The van der Waals surface area contributed by atoms with Gasteiger partial charge in [0.15, 0.2) is 17.3 Å². The van der Waals surface area contributed by atoms with Crippen molar-refractivity contribution >= 4 is 29.2 Å². The number of carbonyl (C=O) groups is 2. The van der Waals surface area contributed by atoms with Crippen molar-refractivity contribution in [3.63, 3.8) is 0 Å². The van der Waals surface area contributed by atoms with E-state index in [1.165, 1.54) is 0 Å². The van der Waals surface area contributed by atoms with Gasteiger partial charge in [0, 0.05) is 42.3 Å². The Bertz CT molecular complexity index is 1540. The number of ether oxygens (including phenoxy) is 2. The summed E-state index contributed by atoms with van der Waals surface area (Å²) in [5.41, 5.74) is 3.03. The van der Waals surface area contributed by atoms with Crippen molar-refractivity contribution in [2.75, 3.05) is 51.8 Å². The van der Waals surface area contributed by atoms with Crippen LogP contribution in [0.25, 0.3) is 11.3 Å². The Balaban J connectivity index is 1.24. The van der Waals surface area contributed by atoms with Gasteiger partial charge < -0.3 is 24.2 Å². The first-order valence-corrected chi connectivity index (χ1v) is 14.5. The van der Waals surface area contributed by atoms with Crippen LogP contribution in [0.3, 0.4) is 0 Å². The summed E-state index contributed by atoms with van der Waals surface area (Å²) in [6.07, 6.45) is 0. The third-order valence-corrected chi connectivity index (χ3v) is 7.95. The van der Waals surface area contributed by atoms with E-state index in [4.69, 9.17) is 21.1 Å². The maximum atomic E-state index is 13.6. The zero-order valence-electron chi connectivity index (χ0n) is 24.4. The Morgan fingerprint density at radius 3 is 2.19 bits per heavy atom. The van der Waals surface area contributed by atoms with Crippen molar-refractivity contribution in [2.45, 2.75) is 13.0 Å². The largest absolute Gasteiger partial charge is 0.493 e. The molecule has 9 nitrogen and oxygen atoms in total. The molecule has 1 fully saturated rings. The van der Waals surface area contributed by atoms with Gasteiger partial charge in [-0.25, -0.2) is 0 Å². The zero-order chi connectivity index (χ0) is 30.3. The number of methoxy groups -OCH3 is 2. The zero-order valence-corrected chi connectivity index (χ0v) is 25.2. The van der Waals surface area contributed by atoms with Crippen molar-refractivity contribution in [3.05, 3.63) is 101 Å². The molecular weight excluding hydrogens is 566 g/mol. The fraction of sp³-hybridized carbons (Fsp3) is 0.273. The fourth-order valence-corrected chi connectivity index (χ4v) is 5.25. The van der Waals surface area contributed by atoms with Crippen LogP contribution in [0.2, 0.25) is 5.02 Å². The van der Waals surface area contributed by atoms with Crippen LogP contribution in [0.5, 0.6) is 11.5 Å². The van der Waals surface area contributed by atoms with Gasteiger partial charge in [-0.05, 0) is 67.1 Å². The molecule has 1 aromatic heterocycles. The lowest BCUT2D eigenvalue weighted by atomic mass is 10.1. The van der Waals surface area contributed by atoms with Crippen LogP contribution in [0.1, 0.15) is 28.9 Å². The summed E-state index contributed by atoms with van der Waals surface area (Å²) >= 11 is 6.05. The van der Waals surface area contributed by atoms with Gasteiger partial charge in [0.05, 0.1) is 26.0 Å². The lowest BCUT2D eigenvalue weighted by molar-refractivity contribution is -0.132. The standard InChI is InChI=1S/C33H34ClN5O4/c1-23(24-7-5-4-6-8-24)39(33(41)25-9-12-27(34)13-10-25)22-32(40)38-19-17-37(18-20-38)31-16-14-28(35-36-31)26-11-15-29(42-2)30(21-26)43-3/h4-16,21,23H,17-20,22H2,1-3H3/t23-/m0/s1. The lowest BCUT2D eigenvalue weighted by Crippen LogP contribution is -2.52. The van der Waals surface area contributed by atoms with Crippen molar-refractivity contribution in [1.82, 2.24) is 20.0 Å². The second-order valence-corrected chi connectivity index (χ2v) is 10.7. The average Bonchev–Trinajstić information content (AvgIpc) is 3.07. The number of halogens is 1. The summed E-state index contributed by atoms with van der Waals surface area (Å²) in [5.74, 6) is 1.70. The molecule has 1 aliphatic heterocycles. The van der Waals surface area contributed by atoms with Gasteiger partial charge in [-0.2, -0.15) is 0 Å². The van der Waals surface area contributed by atoms with Crippen LogP contribution in [0.4, 0.5) is 5.82 Å². The molecule has 0 N–H and O–H groups in total. The molecular formula is C33H34ClN5O4. The number of hydrogen-bond donors (Lipinski definition) is 0. The molecule has 0 bridgehead atoms. The predicted octanol–water partition coefficient (Wildman–Crippen LogP) is 5.37. The maximum absolute atomic E-state index is 13.6. The Morgan fingerprint density at radius 1 is 0.860 bits per heavy atom. The molecule has 222 valence electrons. The van der Waals surface area contributed by atoms with E-state index in [2.05, 4.69) is 15.1 Å². The lowest BCUT2D eigenvalue weighted by Gasteiger charge is -2.37. The van der Waals surface area contributed by atoms with E-state index in [-0.39, 0.29) is 24.4 Å². The van der Waals surface area contributed by atoms with Crippen molar-refractivity contribution < 1.29 is 19.1 Å². The van der Waals surface area contributed by atoms with Crippen molar-refractivity contribution in [3.8, 4) is 22.8 Å². The number of carbonyl (C=O) groups excluding carboxylic acids is 2. The molecule has 5 rings (SSSR count). The van der Waals surface area contributed by atoms with Gasteiger partial charge in [-0.15, -0.1) is 10.2 Å². The normalized spacial score (nSPS) is 13.8. The molecule has 0 saturated carbocycles. The number of aromatic nitrogens is 2. The highest BCUT2D eigenvalue weighted by Gasteiger charge is 2.29. The van der Waals surface area contributed by atoms with Crippen LogP contribution in [-0.2, 0) is 4.79 Å². The van der Waals surface area contributed by atoms with E-state index in [0.29, 0.717) is 48.3 Å². The number of benzene rings is 3. The third kappa shape index (κ3) is 6.89. The molecule has 0 radical (unpaired) electrons. The Labute approximate surface area is 256 Å². The SMILES string of the molecule is COc1ccc(-c2ccc(N3CCN(C(=O)CN(C(=O)c4ccc(Cl)cc4)[C@@H](C)c4ccccc4)CC3)nn2)cc1OC. The molecule has 2 amide bonds. The van der Waals surface area contributed by atoms with Crippen molar-refractivity contribution in [1.29, 1.82) is 0 Å². The van der Waals surface area contributed by atoms with E-state index >= 15 is 0 Å². The van der Waals surface area contributed by atoms with Crippen LogP contribution >= 0.6 is 11.6 Å². The second-order valence-electron chi connectivity index (χ2n) is 10.2. The predicted molar refractivity (Wildman–Crippen MR) is 167 cm³/mol. The molecule has 10 heteroatoms. The maximum Gasteiger partial charge on any atom is 0.254 e. The molecule has 1 atom stereocenters. The quantitative estimate of drug-likeness (QED) is 0.256. The minimum absolute atomic E-state index is 0.0304. The summed E-state index contributed by atoms with van der Waals surface area (Å²) in [4.78, 5) is 32.7. The molecule has 0 aliphatic carbocycles. The first kappa shape index (κ1) is 29.8. The first-order valence-electron chi connectivity index (χ1n) is 14.1. The summed E-state index contributed by atoms with van der Waals surface area (Å²) < 4.78 is 10.7. The number of anilines is 1. The highest BCUT2D eigenvalue weighted by atomic mass is 35.5. The number of nitrogens with zero attached hydrogens (tertiary/aromatic N) is 5. The average molecular weight is 600 g/mol. The number of hydrogen-bond acceptors (Lipinski definition) is 7. The smallest absolute Gasteiger partial charge is 0.254 e. The molecule has 4 aromatic rings. The summed E-state index contributed by atoms with van der Waals surface area (Å²) in [5, 5.41) is 9.43. The summed E-state index contributed by atoms with van der Waals surface area (Å²) in [7, 11) is 3.20.